The third-order valence-electron chi connectivity index (χ3n) is 3.37. The van der Waals surface area contributed by atoms with Gasteiger partial charge < -0.3 is 19.4 Å². The lowest BCUT2D eigenvalue weighted by atomic mass is 10.2. The second-order valence-electron chi connectivity index (χ2n) is 5.66. The van der Waals surface area contributed by atoms with Crippen LogP contribution in [-0.4, -0.2) is 38.2 Å². The van der Waals surface area contributed by atoms with Crippen LogP contribution < -0.4 is 5.32 Å². The molecule has 0 radical (unpaired) electrons. The summed E-state index contributed by atoms with van der Waals surface area (Å²) < 4.78 is 11.4. The Kier molecular flexibility index (Phi) is 5.43. The van der Waals surface area contributed by atoms with Crippen molar-refractivity contribution in [1.29, 1.82) is 0 Å². The fraction of sp³-hybridized carbons (Fsp3) is 0.733. The zero-order valence-corrected chi connectivity index (χ0v) is 12.4. The molecular formula is C15H26N2O2. The molecule has 1 heterocycles. The monoisotopic (exact) mass is 266 g/mol. The second-order valence-corrected chi connectivity index (χ2v) is 5.66. The first-order valence-electron chi connectivity index (χ1n) is 7.19. The van der Waals surface area contributed by atoms with Gasteiger partial charge in [-0.25, -0.2) is 0 Å². The Morgan fingerprint density at radius 2 is 2.21 bits per heavy atom. The summed E-state index contributed by atoms with van der Waals surface area (Å²) in [4.78, 5) is 2.17. The number of hydrogen-bond acceptors (Lipinski definition) is 4. The van der Waals surface area contributed by atoms with Crippen LogP contribution in [0.1, 0.15) is 36.3 Å². The Hall–Kier alpha value is -0.840. The van der Waals surface area contributed by atoms with E-state index in [1.807, 2.05) is 6.92 Å². The maximum atomic E-state index is 5.72. The van der Waals surface area contributed by atoms with Crippen LogP contribution >= 0.6 is 0 Å². The van der Waals surface area contributed by atoms with Gasteiger partial charge in [0.2, 0.25) is 0 Å². The lowest BCUT2D eigenvalue weighted by molar-refractivity contribution is 0.0988. The lowest BCUT2D eigenvalue weighted by Crippen LogP contribution is -2.15. The number of rotatable bonds is 9. The Balaban J connectivity index is 1.66. The summed E-state index contributed by atoms with van der Waals surface area (Å²) in [6.07, 6.45) is 3.69. The summed E-state index contributed by atoms with van der Waals surface area (Å²) in [5.41, 5.74) is 1.26. The fourth-order valence-electron chi connectivity index (χ4n) is 2.03. The van der Waals surface area contributed by atoms with E-state index in [4.69, 9.17) is 9.15 Å². The molecule has 4 nitrogen and oxygen atoms in total. The van der Waals surface area contributed by atoms with Crippen molar-refractivity contribution in [1.82, 2.24) is 10.2 Å². The summed E-state index contributed by atoms with van der Waals surface area (Å²) in [5.74, 6) is 1.95. The minimum absolute atomic E-state index is 0.581. The molecule has 0 aromatic carbocycles. The van der Waals surface area contributed by atoms with Crippen molar-refractivity contribution in [2.75, 3.05) is 27.2 Å². The first-order chi connectivity index (χ1) is 9.15. The molecule has 0 saturated heterocycles. The van der Waals surface area contributed by atoms with E-state index >= 15 is 0 Å². The molecule has 0 bridgehead atoms. The molecule has 1 aromatic heterocycles. The van der Waals surface area contributed by atoms with Crippen LogP contribution in [0.25, 0.3) is 0 Å². The van der Waals surface area contributed by atoms with Gasteiger partial charge >= 0.3 is 0 Å². The number of nitrogens with zero attached hydrogens (tertiary/aromatic N) is 1. The summed E-state index contributed by atoms with van der Waals surface area (Å²) in [5, 5.41) is 3.51. The molecule has 1 saturated carbocycles. The molecule has 1 N–H and O–H groups in total. The van der Waals surface area contributed by atoms with Gasteiger partial charge in [0, 0.05) is 24.8 Å². The quantitative estimate of drug-likeness (QED) is 0.696. The van der Waals surface area contributed by atoms with Crippen molar-refractivity contribution < 1.29 is 9.15 Å². The molecule has 4 heteroatoms. The number of ether oxygens (including phenoxy) is 1. The van der Waals surface area contributed by atoms with E-state index in [1.54, 1.807) is 0 Å². The molecule has 1 fully saturated rings. The zero-order valence-electron chi connectivity index (χ0n) is 12.4. The number of furan rings is 1. The van der Waals surface area contributed by atoms with Gasteiger partial charge in [-0.2, -0.15) is 0 Å². The van der Waals surface area contributed by atoms with E-state index in [0.29, 0.717) is 6.61 Å². The molecule has 0 aliphatic heterocycles. The van der Waals surface area contributed by atoms with Gasteiger partial charge in [0.05, 0.1) is 0 Å². The second kappa shape index (κ2) is 7.08. The van der Waals surface area contributed by atoms with Crippen LogP contribution in [0, 0.1) is 6.92 Å². The summed E-state index contributed by atoms with van der Waals surface area (Å²) >= 11 is 0. The van der Waals surface area contributed by atoms with Crippen LogP contribution in [0.3, 0.4) is 0 Å². The first-order valence-corrected chi connectivity index (χ1v) is 7.19. The van der Waals surface area contributed by atoms with Crippen LogP contribution in [-0.2, 0) is 17.9 Å². The van der Waals surface area contributed by atoms with E-state index in [-0.39, 0.29) is 0 Å². The SMILES string of the molecule is Cc1oc(COCCCN(C)C)cc1CNC1CC1. The highest BCUT2D eigenvalue weighted by Crippen LogP contribution is 2.21. The van der Waals surface area contributed by atoms with Gasteiger partial charge in [-0.3, -0.25) is 0 Å². The van der Waals surface area contributed by atoms with E-state index in [0.717, 1.165) is 43.7 Å². The van der Waals surface area contributed by atoms with Crippen molar-refractivity contribution in [2.24, 2.45) is 0 Å². The topological polar surface area (TPSA) is 37.6 Å². The van der Waals surface area contributed by atoms with Gasteiger partial charge in [0.1, 0.15) is 18.1 Å². The van der Waals surface area contributed by atoms with Gasteiger partial charge in [0.15, 0.2) is 0 Å². The maximum absolute atomic E-state index is 5.72. The number of hydrogen-bond donors (Lipinski definition) is 1. The summed E-state index contributed by atoms with van der Waals surface area (Å²) in [6, 6.07) is 2.86. The van der Waals surface area contributed by atoms with Crippen LogP contribution in [0.15, 0.2) is 10.5 Å². The molecule has 19 heavy (non-hydrogen) atoms. The predicted octanol–water partition coefficient (Wildman–Crippen LogP) is 2.31. The molecule has 0 atom stereocenters. The van der Waals surface area contributed by atoms with Crippen molar-refractivity contribution in [2.45, 2.75) is 45.4 Å². The average Bonchev–Trinajstić information content (AvgIpc) is 3.11. The molecule has 108 valence electrons. The molecular weight excluding hydrogens is 240 g/mol. The van der Waals surface area contributed by atoms with Crippen LogP contribution in [0.2, 0.25) is 0 Å². The van der Waals surface area contributed by atoms with Gasteiger partial charge in [-0.15, -0.1) is 0 Å². The Bertz CT molecular complexity index is 383. The van der Waals surface area contributed by atoms with Crippen molar-refractivity contribution in [3.05, 3.63) is 23.2 Å². The fourth-order valence-corrected chi connectivity index (χ4v) is 2.03. The largest absolute Gasteiger partial charge is 0.464 e. The molecule has 1 aliphatic rings. The maximum Gasteiger partial charge on any atom is 0.130 e. The molecule has 0 unspecified atom stereocenters. The third-order valence-corrected chi connectivity index (χ3v) is 3.37. The van der Waals surface area contributed by atoms with Crippen LogP contribution in [0.4, 0.5) is 0 Å². The first kappa shape index (κ1) is 14.6. The minimum Gasteiger partial charge on any atom is -0.464 e. The molecule has 0 amide bonds. The van der Waals surface area contributed by atoms with Gasteiger partial charge in [-0.1, -0.05) is 0 Å². The van der Waals surface area contributed by atoms with E-state index in [2.05, 4.69) is 30.4 Å². The smallest absolute Gasteiger partial charge is 0.130 e. The predicted molar refractivity (Wildman–Crippen MR) is 76.1 cm³/mol. The third kappa shape index (κ3) is 5.35. The standard InChI is InChI=1S/C15H26N2O2/c1-12-13(10-16-14-5-6-14)9-15(19-12)11-18-8-4-7-17(2)3/h9,14,16H,4-8,10-11H2,1-3H3. The Labute approximate surface area is 116 Å². The zero-order chi connectivity index (χ0) is 13.7. The highest BCUT2D eigenvalue weighted by molar-refractivity contribution is 5.20. The number of aryl methyl sites for hydroxylation is 1. The van der Waals surface area contributed by atoms with Crippen molar-refractivity contribution in [3.63, 3.8) is 0 Å². The van der Waals surface area contributed by atoms with Gasteiger partial charge in [-0.05, 0) is 52.9 Å². The molecule has 0 spiro atoms. The highest BCUT2D eigenvalue weighted by atomic mass is 16.5. The Morgan fingerprint density at radius 1 is 1.42 bits per heavy atom. The number of nitrogens with one attached hydrogen (secondary N) is 1. The summed E-state index contributed by atoms with van der Waals surface area (Å²) in [6.45, 7) is 5.37. The highest BCUT2D eigenvalue weighted by Gasteiger charge is 2.20. The summed E-state index contributed by atoms with van der Waals surface area (Å²) in [7, 11) is 4.16. The average molecular weight is 266 g/mol. The molecule has 1 aromatic rings. The normalized spacial score (nSPS) is 15.4. The van der Waals surface area contributed by atoms with E-state index in [9.17, 15) is 0 Å². The minimum atomic E-state index is 0.581. The van der Waals surface area contributed by atoms with Gasteiger partial charge in [0.25, 0.3) is 0 Å². The van der Waals surface area contributed by atoms with Crippen molar-refractivity contribution >= 4 is 0 Å². The van der Waals surface area contributed by atoms with Crippen LogP contribution in [0.5, 0.6) is 0 Å². The van der Waals surface area contributed by atoms with E-state index < -0.39 is 0 Å². The molecule has 2 rings (SSSR count). The molecule has 1 aliphatic carbocycles. The Morgan fingerprint density at radius 3 is 2.89 bits per heavy atom. The van der Waals surface area contributed by atoms with Crippen molar-refractivity contribution in [3.8, 4) is 0 Å². The van der Waals surface area contributed by atoms with E-state index in [1.165, 1.54) is 18.4 Å². The lowest BCUT2D eigenvalue weighted by Gasteiger charge is -2.08.